The summed E-state index contributed by atoms with van der Waals surface area (Å²) in [5, 5.41) is 0. The van der Waals surface area contributed by atoms with Gasteiger partial charge in [0.25, 0.3) is 0 Å². The van der Waals surface area contributed by atoms with E-state index in [1.54, 1.807) is 17.8 Å². The van der Waals surface area contributed by atoms with Gasteiger partial charge in [-0.25, -0.2) is 0 Å². The van der Waals surface area contributed by atoms with Crippen molar-refractivity contribution >= 4 is 52.1 Å². The first-order valence-electron chi connectivity index (χ1n) is 5.10. The zero-order valence-corrected chi connectivity index (χ0v) is 12.4. The largest absolute Gasteiger partial charge is 0.293 e. The third-order valence-corrected chi connectivity index (χ3v) is 5.05. The van der Waals surface area contributed by atoms with Crippen molar-refractivity contribution in [3.05, 3.63) is 20.3 Å². The van der Waals surface area contributed by atoms with Crippen LogP contribution >= 0.6 is 46.3 Å². The summed E-state index contributed by atoms with van der Waals surface area (Å²) in [4.78, 5) is 11.8. The quantitative estimate of drug-likeness (QED) is 0.686. The van der Waals surface area contributed by atoms with Gasteiger partial charge in [-0.1, -0.05) is 43.5 Å². The molecule has 5 heteroatoms. The van der Waals surface area contributed by atoms with Crippen LogP contribution in [0.2, 0.25) is 8.67 Å². The lowest BCUT2D eigenvalue weighted by molar-refractivity contribution is 0.102. The summed E-state index contributed by atoms with van der Waals surface area (Å²) in [5.41, 5.74) is 0.563. The zero-order chi connectivity index (χ0) is 12.1. The lowest BCUT2D eigenvalue weighted by Crippen LogP contribution is -2.04. The summed E-state index contributed by atoms with van der Waals surface area (Å²) in [6.07, 6.45) is 1.15. The van der Waals surface area contributed by atoms with Gasteiger partial charge in [0.1, 0.15) is 4.34 Å². The fraction of sp³-hybridized carbons (Fsp3) is 0.545. The van der Waals surface area contributed by atoms with Crippen LogP contribution in [0.1, 0.15) is 30.6 Å². The van der Waals surface area contributed by atoms with E-state index in [1.165, 1.54) is 11.3 Å². The van der Waals surface area contributed by atoms with Gasteiger partial charge in [0.15, 0.2) is 5.78 Å². The Morgan fingerprint density at radius 1 is 1.56 bits per heavy atom. The van der Waals surface area contributed by atoms with Crippen molar-refractivity contribution in [2.24, 2.45) is 5.92 Å². The summed E-state index contributed by atoms with van der Waals surface area (Å²) >= 11 is 14.6. The molecule has 1 nitrogen and oxygen atoms in total. The fourth-order valence-electron chi connectivity index (χ4n) is 1.08. The van der Waals surface area contributed by atoms with E-state index in [4.69, 9.17) is 23.2 Å². The number of rotatable bonds is 6. The van der Waals surface area contributed by atoms with Crippen molar-refractivity contribution in [2.45, 2.75) is 20.3 Å². The maximum Gasteiger partial charge on any atom is 0.175 e. The van der Waals surface area contributed by atoms with Crippen molar-refractivity contribution in [1.82, 2.24) is 0 Å². The first-order chi connectivity index (χ1) is 7.54. The number of halogens is 2. The second kappa shape index (κ2) is 6.90. The Labute approximate surface area is 115 Å². The zero-order valence-electron chi connectivity index (χ0n) is 9.26. The molecule has 0 spiro atoms. The van der Waals surface area contributed by atoms with Crippen LogP contribution in [0.25, 0.3) is 0 Å². The van der Waals surface area contributed by atoms with Crippen molar-refractivity contribution in [2.75, 3.05) is 11.5 Å². The molecule has 1 heterocycles. The molecule has 1 aromatic heterocycles. The van der Waals surface area contributed by atoms with Crippen LogP contribution in [0.15, 0.2) is 6.07 Å². The first-order valence-corrected chi connectivity index (χ1v) is 7.83. The van der Waals surface area contributed by atoms with Crippen LogP contribution in [0.5, 0.6) is 0 Å². The molecule has 0 radical (unpaired) electrons. The Hall–Kier alpha value is 0.300. The molecule has 0 aliphatic carbocycles. The number of carbonyl (C=O) groups excluding carboxylic acids is 1. The number of thiophene rings is 1. The maximum atomic E-state index is 11.8. The number of Topliss-reactive ketones (excluding diaryl/α,β-unsaturated/α-hetero) is 1. The van der Waals surface area contributed by atoms with Gasteiger partial charge < -0.3 is 0 Å². The molecule has 0 bridgehead atoms. The van der Waals surface area contributed by atoms with Crippen molar-refractivity contribution in [3.63, 3.8) is 0 Å². The molecule has 1 rings (SSSR count). The Morgan fingerprint density at radius 3 is 2.75 bits per heavy atom. The summed E-state index contributed by atoms with van der Waals surface area (Å²) in [6, 6.07) is 1.65. The molecule has 0 fully saturated rings. The molecule has 0 amide bonds. The standard InChI is InChI=1S/C11H14Cl2OS2/c1-3-7(2)5-15-6-9(14)8-4-10(12)16-11(8)13/h4,7H,3,5-6H2,1-2H3. The number of hydrogen-bond acceptors (Lipinski definition) is 3. The lowest BCUT2D eigenvalue weighted by Gasteiger charge is -2.06. The van der Waals surface area contributed by atoms with Gasteiger partial charge in [-0.3, -0.25) is 4.79 Å². The Kier molecular flexibility index (Phi) is 6.19. The van der Waals surface area contributed by atoms with Crippen molar-refractivity contribution in [3.8, 4) is 0 Å². The Balaban J connectivity index is 2.44. The van der Waals surface area contributed by atoms with Crippen molar-refractivity contribution < 1.29 is 4.79 Å². The van der Waals surface area contributed by atoms with E-state index in [2.05, 4.69) is 13.8 Å². The highest BCUT2D eigenvalue weighted by molar-refractivity contribution is 7.99. The van der Waals surface area contributed by atoms with E-state index in [1.807, 2.05) is 0 Å². The SMILES string of the molecule is CCC(C)CSCC(=O)c1cc(Cl)sc1Cl. The van der Waals surface area contributed by atoms with Crippen LogP contribution in [-0.4, -0.2) is 17.3 Å². The lowest BCUT2D eigenvalue weighted by atomic mass is 10.2. The van der Waals surface area contributed by atoms with Gasteiger partial charge in [-0.2, -0.15) is 11.8 Å². The molecule has 0 aliphatic rings. The predicted octanol–water partition coefficient (Wildman–Crippen LogP) is 5.02. The highest BCUT2D eigenvalue weighted by Gasteiger charge is 2.14. The molecule has 90 valence electrons. The van der Waals surface area contributed by atoms with Crippen LogP contribution in [0, 0.1) is 5.92 Å². The monoisotopic (exact) mass is 296 g/mol. The van der Waals surface area contributed by atoms with Gasteiger partial charge in [0.2, 0.25) is 0 Å². The average Bonchev–Trinajstić information content (AvgIpc) is 2.57. The van der Waals surface area contributed by atoms with Gasteiger partial charge in [-0.05, 0) is 17.7 Å². The minimum Gasteiger partial charge on any atom is -0.293 e. The number of thioether (sulfide) groups is 1. The number of carbonyl (C=O) groups is 1. The van der Waals surface area contributed by atoms with Gasteiger partial charge in [0.05, 0.1) is 10.1 Å². The van der Waals surface area contributed by atoms with Crippen LogP contribution in [-0.2, 0) is 0 Å². The van der Waals surface area contributed by atoms with E-state index in [9.17, 15) is 4.79 Å². The van der Waals surface area contributed by atoms with E-state index < -0.39 is 0 Å². The first kappa shape index (κ1) is 14.4. The van der Waals surface area contributed by atoms with Gasteiger partial charge in [0, 0.05) is 5.56 Å². The van der Waals surface area contributed by atoms with Gasteiger partial charge in [-0.15, -0.1) is 11.3 Å². The molecule has 1 atom stereocenters. The van der Waals surface area contributed by atoms with E-state index in [0.717, 1.165) is 12.2 Å². The topological polar surface area (TPSA) is 17.1 Å². The summed E-state index contributed by atoms with van der Waals surface area (Å²) < 4.78 is 1.07. The third kappa shape index (κ3) is 4.28. The van der Waals surface area contributed by atoms with E-state index in [0.29, 0.717) is 25.9 Å². The molecule has 16 heavy (non-hydrogen) atoms. The molecule has 0 saturated heterocycles. The molecular weight excluding hydrogens is 283 g/mol. The smallest absolute Gasteiger partial charge is 0.175 e. The predicted molar refractivity (Wildman–Crippen MR) is 75.4 cm³/mol. The highest BCUT2D eigenvalue weighted by atomic mass is 35.5. The molecule has 0 saturated carbocycles. The van der Waals surface area contributed by atoms with Crippen LogP contribution in [0.3, 0.4) is 0 Å². The average molecular weight is 297 g/mol. The van der Waals surface area contributed by atoms with Crippen LogP contribution in [0.4, 0.5) is 0 Å². The number of hydrogen-bond donors (Lipinski definition) is 0. The van der Waals surface area contributed by atoms with Crippen LogP contribution < -0.4 is 0 Å². The Bertz CT molecular complexity index is 363. The summed E-state index contributed by atoms with van der Waals surface area (Å²) in [7, 11) is 0. The minimum atomic E-state index is 0.0708. The molecule has 1 aromatic rings. The van der Waals surface area contributed by atoms with Gasteiger partial charge >= 0.3 is 0 Å². The molecule has 1 unspecified atom stereocenters. The van der Waals surface area contributed by atoms with E-state index >= 15 is 0 Å². The minimum absolute atomic E-state index is 0.0708. The molecular formula is C11H14Cl2OS2. The third-order valence-electron chi connectivity index (χ3n) is 2.29. The van der Waals surface area contributed by atoms with E-state index in [-0.39, 0.29) is 5.78 Å². The summed E-state index contributed by atoms with van der Waals surface area (Å²) in [6.45, 7) is 4.34. The maximum absolute atomic E-state index is 11.8. The second-order valence-corrected chi connectivity index (χ2v) is 7.01. The second-order valence-electron chi connectivity index (χ2n) is 3.69. The number of ketones is 1. The molecule has 0 aliphatic heterocycles. The fourth-order valence-corrected chi connectivity index (χ4v) is 3.67. The Morgan fingerprint density at radius 2 is 2.25 bits per heavy atom. The normalized spacial score (nSPS) is 12.8. The highest BCUT2D eigenvalue weighted by Crippen LogP contribution is 2.32. The summed E-state index contributed by atoms with van der Waals surface area (Å²) in [5.74, 6) is 2.22. The molecule has 0 aromatic carbocycles. The van der Waals surface area contributed by atoms with Crippen molar-refractivity contribution in [1.29, 1.82) is 0 Å². The molecule has 0 N–H and O–H groups in total.